The monoisotopic (exact) mass is 477 g/mol. The summed E-state index contributed by atoms with van der Waals surface area (Å²) in [5.41, 5.74) is 2.24. The van der Waals surface area contributed by atoms with E-state index in [4.69, 9.17) is 9.47 Å². The predicted octanol–water partition coefficient (Wildman–Crippen LogP) is 1.99. The van der Waals surface area contributed by atoms with Crippen LogP contribution in [0, 0.1) is 6.92 Å². The average Bonchev–Trinajstić information content (AvgIpc) is 3.30. The first-order valence-electron chi connectivity index (χ1n) is 11.9. The number of morpholine rings is 1. The Kier molecular flexibility index (Phi) is 6.54. The van der Waals surface area contributed by atoms with E-state index in [0.717, 1.165) is 47.6 Å². The van der Waals surface area contributed by atoms with Gasteiger partial charge in [-0.3, -0.25) is 9.48 Å². The molecule has 2 aliphatic rings. The number of methoxy groups -OCH3 is 1. The smallest absolute Gasteiger partial charge is 0.272 e. The Morgan fingerprint density at radius 2 is 1.63 bits per heavy atom. The fraction of sp³-hybridized carbons (Fsp3) is 0.440. The number of aromatic nitrogens is 4. The van der Waals surface area contributed by atoms with Gasteiger partial charge in [-0.05, 0) is 25.1 Å². The van der Waals surface area contributed by atoms with E-state index in [-0.39, 0.29) is 5.91 Å². The van der Waals surface area contributed by atoms with E-state index < -0.39 is 0 Å². The van der Waals surface area contributed by atoms with E-state index in [9.17, 15) is 4.79 Å². The zero-order valence-electron chi connectivity index (χ0n) is 20.5. The summed E-state index contributed by atoms with van der Waals surface area (Å²) in [6.07, 6.45) is 0. The summed E-state index contributed by atoms with van der Waals surface area (Å²) in [6.45, 7) is 7.69. The lowest BCUT2D eigenvalue weighted by Crippen LogP contribution is -2.49. The quantitative estimate of drug-likeness (QED) is 0.551. The van der Waals surface area contributed by atoms with Crippen molar-refractivity contribution >= 4 is 17.5 Å². The Balaban J connectivity index is 1.27. The van der Waals surface area contributed by atoms with E-state index in [1.807, 2.05) is 49.2 Å². The summed E-state index contributed by atoms with van der Waals surface area (Å²) in [5, 5.41) is 4.57. The third kappa shape index (κ3) is 4.93. The highest BCUT2D eigenvalue weighted by atomic mass is 16.5. The predicted molar refractivity (Wildman–Crippen MR) is 133 cm³/mol. The first kappa shape index (κ1) is 23.1. The first-order valence-corrected chi connectivity index (χ1v) is 11.9. The Labute approximate surface area is 205 Å². The van der Waals surface area contributed by atoms with Gasteiger partial charge in [0.05, 0.1) is 26.0 Å². The maximum atomic E-state index is 13.3. The van der Waals surface area contributed by atoms with E-state index in [0.29, 0.717) is 45.1 Å². The Bertz CT molecular complexity index is 1200. The van der Waals surface area contributed by atoms with Gasteiger partial charge in [0.2, 0.25) is 0 Å². The van der Waals surface area contributed by atoms with Gasteiger partial charge in [-0.15, -0.1) is 0 Å². The zero-order chi connectivity index (χ0) is 24.4. The van der Waals surface area contributed by atoms with E-state index in [1.54, 1.807) is 11.8 Å². The molecule has 3 aromatic rings. The number of benzene rings is 1. The second-order valence-corrected chi connectivity index (χ2v) is 8.78. The van der Waals surface area contributed by atoms with Crippen LogP contribution in [0.25, 0.3) is 11.3 Å². The van der Waals surface area contributed by atoms with Crippen LogP contribution in [0.2, 0.25) is 0 Å². The van der Waals surface area contributed by atoms with Crippen LogP contribution in [0.4, 0.5) is 11.6 Å². The number of carbonyl (C=O) groups is 1. The molecule has 10 nitrogen and oxygen atoms in total. The fourth-order valence-corrected chi connectivity index (χ4v) is 4.54. The molecule has 1 aromatic carbocycles. The van der Waals surface area contributed by atoms with Crippen LogP contribution in [0.15, 0.2) is 36.4 Å². The van der Waals surface area contributed by atoms with Crippen molar-refractivity contribution in [3.63, 3.8) is 0 Å². The van der Waals surface area contributed by atoms with Crippen molar-refractivity contribution < 1.29 is 14.3 Å². The third-order valence-corrected chi connectivity index (χ3v) is 6.50. The maximum Gasteiger partial charge on any atom is 0.272 e. The van der Waals surface area contributed by atoms with Crippen LogP contribution in [0.5, 0.6) is 5.75 Å². The largest absolute Gasteiger partial charge is 0.497 e. The lowest BCUT2D eigenvalue weighted by molar-refractivity contribution is 0.0735. The molecular weight excluding hydrogens is 446 g/mol. The van der Waals surface area contributed by atoms with Gasteiger partial charge in [-0.25, -0.2) is 9.97 Å². The van der Waals surface area contributed by atoms with E-state index in [1.165, 1.54) is 0 Å². The third-order valence-electron chi connectivity index (χ3n) is 6.50. The molecule has 2 aromatic heterocycles. The number of carbonyl (C=O) groups excluding carboxylic acids is 1. The topological polar surface area (TPSA) is 88.9 Å². The molecule has 0 saturated carbocycles. The molecule has 0 spiro atoms. The molecule has 0 radical (unpaired) electrons. The molecule has 0 bridgehead atoms. The molecule has 5 rings (SSSR count). The van der Waals surface area contributed by atoms with Crippen molar-refractivity contribution in [1.82, 2.24) is 24.6 Å². The number of ether oxygens (including phenoxy) is 2. The van der Waals surface area contributed by atoms with Crippen LogP contribution in [0.3, 0.4) is 0 Å². The van der Waals surface area contributed by atoms with Crippen molar-refractivity contribution in [2.45, 2.75) is 6.92 Å². The molecule has 0 aliphatic carbocycles. The van der Waals surface area contributed by atoms with Crippen LogP contribution in [-0.2, 0) is 11.8 Å². The number of hydrogen-bond donors (Lipinski definition) is 0. The van der Waals surface area contributed by atoms with Crippen LogP contribution < -0.4 is 14.5 Å². The SMILES string of the molecule is COc1cccc(-c2cc(C(=O)N3CCN(c4cc(N5CCOCC5)nc(C)n4)CC3)n(C)n2)c1. The number of piperazine rings is 1. The van der Waals surface area contributed by atoms with Crippen LogP contribution in [-0.4, -0.2) is 90.1 Å². The number of hydrogen-bond acceptors (Lipinski definition) is 8. The molecule has 10 heteroatoms. The van der Waals surface area contributed by atoms with Crippen molar-refractivity contribution in [2.75, 3.05) is 69.4 Å². The van der Waals surface area contributed by atoms with Crippen molar-refractivity contribution in [1.29, 1.82) is 0 Å². The lowest BCUT2D eigenvalue weighted by Gasteiger charge is -2.36. The fourth-order valence-electron chi connectivity index (χ4n) is 4.54. The minimum Gasteiger partial charge on any atom is -0.497 e. The summed E-state index contributed by atoms with van der Waals surface area (Å²) in [7, 11) is 3.45. The highest BCUT2D eigenvalue weighted by molar-refractivity contribution is 5.94. The number of amides is 1. The highest BCUT2D eigenvalue weighted by Gasteiger charge is 2.26. The standard InChI is InChI=1S/C25H31N7O3/c1-18-26-23(17-24(27-18)31-11-13-35-14-12-31)30-7-9-32(10-8-30)25(33)22-16-21(28-29(22)2)19-5-4-6-20(15-19)34-3/h4-6,15-17H,7-14H2,1-3H3. The molecule has 0 unspecified atom stereocenters. The zero-order valence-corrected chi connectivity index (χ0v) is 20.5. The maximum absolute atomic E-state index is 13.3. The summed E-state index contributed by atoms with van der Waals surface area (Å²) in [4.78, 5) is 29.0. The molecule has 1 amide bonds. The number of nitrogens with zero attached hydrogens (tertiary/aromatic N) is 7. The number of aryl methyl sites for hydroxylation is 2. The molecule has 0 N–H and O–H groups in total. The minimum absolute atomic E-state index is 0.0123. The Hall–Kier alpha value is -3.66. The molecule has 2 fully saturated rings. The summed E-state index contributed by atoms with van der Waals surface area (Å²) in [6, 6.07) is 11.6. The molecule has 0 atom stereocenters. The van der Waals surface area contributed by atoms with Crippen LogP contribution in [0.1, 0.15) is 16.3 Å². The van der Waals surface area contributed by atoms with Crippen molar-refractivity contribution in [2.24, 2.45) is 7.05 Å². The van der Waals surface area contributed by atoms with Crippen molar-refractivity contribution in [3.05, 3.63) is 47.9 Å². The minimum atomic E-state index is -0.0123. The van der Waals surface area contributed by atoms with E-state index >= 15 is 0 Å². The summed E-state index contributed by atoms with van der Waals surface area (Å²) in [5.74, 6) is 3.35. The van der Waals surface area contributed by atoms with E-state index in [2.05, 4.69) is 30.9 Å². The normalized spacial score (nSPS) is 16.5. The van der Waals surface area contributed by atoms with Gasteiger partial charge in [0.15, 0.2) is 0 Å². The van der Waals surface area contributed by atoms with Gasteiger partial charge in [0, 0.05) is 57.9 Å². The molecular formula is C25H31N7O3. The second-order valence-electron chi connectivity index (χ2n) is 8.78. The first-order chi connectivity index (χ1) is 17.0. The van der Waals surface area contributed by atoms with Gasteiger partial charge in [-0.1, -0.05) is 12.1 Å². The Morgan fingerprint density at radius 3 is 2.31 bits per heavy atom. The van der Waals surface area contributed by atoms with Gasteiger partial charge < -0.3 is 24.2 Å². The van der Waals surface area contributed by atoms with Gasteiger partial charge in [-0.2, -0.15) is 5.10 Å². The number of rotatable bonds is 5. The van der Waals surface area contributed by atoms with Gasteiger partial charge >= 0.3 is 0 Å². The summed E-state index contributed by atoms with van der Waals surface area (Å²) < 4.78 is 12.4. The molecule has 2 saturated heterocycles. The van der Waals surface area contributed by atoms with Gasteiger partial charge in [0.25, 0.3) is 5.91 Å². The number of anilines is 2. The molecule has 2 aliphatic heterocycles. The molecule has 4 heterocycles. The average molecular weight is 478 g/mol. The highest BCUT2D eigenvalue weighted by Crippen LogP contribution is 2.25. The van der Waals surface area contributed by atoms with Gasteiger partial charge in [0.1, 0.15) is 28.9 Å². The van der Waals surface area contributed by atoms with Crippen molar-refractivity contribution in [3.8, 4) is 17.0 Å². The molecule has 35 heavy (non-hydrogen) atoms. The second kappa shape index (κ2) is 9.91. The summed E-state index contributed by atoms with van der Waals surface area (Å²) >= 11 is 0. The Morgan fingerprint density at radius 1 is 0.943 bits per heavy atom. The molecule has 184 valence electrons. The lowest BCUT2D eigenvalue weighted by atomic mass is 10.1. The van der Waals surface area contributed by atoms with Crippen LogP contribution >= 0.6 is 0 Å².